The van der Waals surface area contributed by atoms with Gasteiger partial charge in [-0.1, -0.05) is 29.8 Å². The predicted octanol–water partition coefficient (Wildman–Crippen LogP) is 4.40. The van der Waals surface area contributed by atoms with Gasteiger partial charge in [0.25, 0.3) is 5.91 Å². The molecule has 0 saturated heterocycles. The van der Waals surface area contributed by atoms with Gasteiger partial charge in [-0.2, -0.15) is 0 Å². The van der Waals surface area contributed by atoms with Gasteiger partial charge >= 0.3 is 5.97 Å². The van der Waals surface area contributed by atoms with E-state index in [1.807, 2.05) is 39.0 Å². The molecule has 144 valence electrons. The van der Waals surface area contributed by atoms with E-state index in [0.717, 1.165) is 11.1 Å². The Bertz CT molecular complexity index is 846. The van der Waals surface area contributed by atoms with Gasteiger partial charge in [0, 0.05) is 6.42 Å². The third kappa shape index (κ3) is 6.48. The quantitative estimate of drug-likeness (QED) is 0.520. The van der Waals surface area contributed by atoms with Crippen LogP contribution in [0.15, 0.2) is 30.3 Å². The minimum atomic E-state index is -0.583. The maximum Gasteiger partial charge on any atom is 0.306 e. The number of esters is 1. The van der Waals surface area contributed by atoms with Gasteiger partial charge < -0.3 is 10.1 Å². The molecule has 0 bridgehead atoms. The number of benzene rings is 1. The summed E-state index contributed by atoms with van der Waals surface area (Å²) in [5.41, 5.74) is 3.32. The van der Waals surface area contributed by atoms with Crippen molar-refractivity contribution in [3.8, 4) is 0 Å². The molecule has 0 saturated carbocycles. The van der Waals surface area contributed by atoms with Gasteiger partial charge in [0.15, 0.2) is 12.4 Å². The lowest BCUT2D eigenvalue weighted by molar-refractivity contribution is -0.148. The van der Waals surface area contributed by atoms with Crippen LogP contribution in [0.5, 0.6) is 0 Å². The van der Waals surface area contributed by atoms with Crippen LogP contribution in [0.3, 0.4) is 0 Å². The van der Waals surface area contributed by atoms with Crippen molar-refractivity contribution in [3.05, 3.63) is 56.2 Å². The summed E-state index contributed by atoms with van der Waals surface area (Å²) in [5.74, 6) is -1.14. The summed E-state index contributed by atoms with van der Waals surface area (Å²) in [6.07, 6.45) is -0.0509. The van der Waals surface area contributed by atoms with Crippen LogP contribution in [0.2, 0.25) is 4.34 Å². The maximum absolute atomic E-state index is 12.0. The number of rotatable bonds is 8. The van der Waals surface area contributed by atoms with Crippen molar-refractivity contribution in [2.24, 2.45) is 0 Å². The number of hydrogen-bond acceptors (Lipinski definition) is 5. The minimum absolute atomic E-state index is 0.0241. The Morgan fingerprint density at radius 3 is 2.48 bits per heavy atom. The van der Waals surface area contributed by atoms with Gasteiger partial charge in [-0.3, -0.25) is 14.4 Å². The fourth-order valence-electron chi connectivity index (χ4n) is 2.42. The molecule has 1 N–H and O–H groups in total. The third-order valence-electron chi connectivity index (χ3n) is 4.18. The highest BCUT2D eigenvalue weighted by atomic mass is 35.5. The fraction of sp³-hybridized carbons (Fsp3) is 0.350. The number of Topliss-reactive ketones (excluding diaryl/α,β-unsaturated/α-hetero) is 1. The van der Waals surface area contributed by atoms with Gasteiger partial charge in [-0.05, 0) is 49.6 Å². The van der Waals surface area contributed by atoms with Crippen LogP contribution in [-0.2, 0) is 14.3 Å². The Morgan fingerprint density at radius 2 is 1.85 bits per heavy atom. The number of carbonyl (C=O) groups is 3. The van der Waals surface area contributed by atoms with Gasteiger partial charge in [0.05, 0.1) is 21.7 Å². The number of halogens is 1. The molecule has 27 heavy (non-hydrogen) atoms. The van der Waals surface area contributed by atoms with Crippen molar-refractivity contribution in [2.75, 3.05) is 6.61 Å². The lowest BCUT2D eigenvalue weighted by Gasteiger charge is -2.15. The first-order chi connectivity index (χ1) is 12.8. The van der Waals surface area contributed by atoms with Crippen LogP contribution in [0.1, 0.15) is 52.2 Å². The lowest BCUT2D eigenvalue weighted by atomic mass is 10.0. The van der Waals surface area contributed by atoms with Crippen LogP contribution in [0.4, 0.5) is 0 Å². The molecule has 1 heterocycles. The van der Waals surface area contributed by atoms with Crippen LogP contribution < -0.4 is 5.32 Å². The first kappa shape index (κ1) is 21.1. The number of hydrogen-bond donors (Lipinski definition) is 1. The van der Waals surface area contributed by atoms with Crippen LogP contribution in [0, 0.1) is 13.8 Å². The van der Waals surface area contributed by atoms with E-state index in [0.29, 0.717) is 9.21 Å². The second-order valence-electron chi connectivity index (χ2n) is 6.32. The van der Waals surface area contributed by atoms with Gasteiger partial charge in [0.2, 0.25) is 0 Å². The number of carbonyl (C=O) groups excluding carboxylic acids is 3. The number of nitrogens with one attached hydrogen (secondary N) is 1. The molecule has 2 aromatic rings. The first-order valence-corrected chi connectivity index (χ1v) is 9.76. The molecular formula is C20H22ClNO4S. The number of ether oxygens (including phenoxy) is 1. The Hall–Kier alpha value is -2.18. The summed E-state index contributed by atoms with van der Waals surface area (Å²) in [7, 11) is 0. The molecule has 0 unspecified atom stereocenters. The molecule has 0 aliphatic heterocycles. The van der Waals surface area contributed by atoms with E-state index < -0.39 is 5.97 Å². The van der Waals surface area contributed by atoms with E-state index in [2.05, 4.69) is 5.32 Å². The van der Waals surface area contributed by atoms with Crippen molar-refractivity contribution in [1.82, 2.24) is 5.32 Å². The van der Waals surface area contributed by atoms with Crippen molar-refractivity contribution < 1.29 is 19.1 Å². The highest BCUT2D eigenvalue weighted by Crippen LogP contribution is 2.23. The van der Waals surface area contributed by atoms with Gasteiger partial charge in [-0.25, -0.2) is 0 Å². The van der Waals surface area contributed by atoms with Crippen LogP contribution in [-0.4, -0.2) is 24.3 Å². The van der Waals surface area contributed by atoms with Gasteiger partial charge in [0.1, 0.15) is 0 Å². The lowest BCUT2D eigenvalue weighted by Crippen LogP contribution is -2.31. The zero-order valence-electron chi connectivity index (χ0n) is 15.5. The standard InChI is InChI=1S/C20H22ClNO4S/c1-12-4-5-15(10-13(12)2)14(3)22-19(24)11-26-20(25)9-6-16(23)17-7-8-18(21)27-17/h4-5,7-8,10,14H,6,9,11H2,1-3H3,(H,22,24)/t14-/m0/s1. The average molecular weight is 408 g/mol. The summed E-state index contributed by atoms with van der Waals surface area (Å²) >= 11 is 6.96. The van der Waals surface area contributed by atoms with Crippen LogP contribution >= 0.6 is 22.9 Å². The number of aryl methyl sites for hydroxylation is 2. The smallest absolute Gasteiger partial charge is 0.306 e. The maximum atomic E-state index is 12.0. The van der Waals surface area contributed by atoms with Gasteiger partial charge in [-0.15, -0.1) is 11.3 Å². The summed E-state index contributed by atoms with van der Waals surface area (Å²) in [6, 6.07) is 9.06. The topological polar surface area (TPSA) is 72.5 Å². The molecule has 0 aliphatic carbocycles. The molecule has 2 rings (SSSR count). The molecule has 1 aromatic heterocycles. The number of amides is 1. The van der Waals surface area contributed by atoms with E-state index in [-0.39, 0.29) is 37.2 Å². The molecule has 5 nitrogen and oxygen atoms in total. The van der Waals surface area contributed by atoms with E-state index in [1.165, 1.54) is 16.9 Å². The molecule has 0 spiro atoms. The van der Waals surface area contributed by atoms with E-state index in [4.69, 9.17) is 16.3 Å². The summed E-state index contributed by atoms with van der Waals surface area (Å²) in [5, 5.41) is 2.80. The van der Waals surface area contributed by atoms with Crippen molar-refractivity contribution >= 4 is 40.6 Å². The minimum Gasteiger partial charge on any atom is -0.456 e. The SMILES string of the molecule is Cc1ccc([C@H](C)NC(=O)COC(=O)CCC(=O)c2ccc(Cl)s2)cc1C. The number of thiophene rings is 1. The predicted molar refractivity (Wildman–Crippen MR) is 106 cm³/mol. The molecular weight excluding hydrogens is 386 g/mol. The average Bonchev–Trinajstić information content (AvgIpc) is 3.06. The molecule has 1 atom stereocenters. The number of ketones is 1. The van der Waals surface area contributed by atoms with Crippen molar-refractivity contribution in [3.63, 3.8) is 0 Å². The highest BCUT2D eigenvalue weighted by molar-refractivity contribution is 7.18. The largest absolute Gasteiger partial charge is 0.456 e. The zero-order valence-corrected chi connectivity index (χ0v) is 17.1. The summed E-state index contributed by atoms with van der Waals surface area (Å²) in [6.45, 7) is 5.54. The fourth-order valence-corrected chi connectivity index (χ4v) is 3.43. The zero-order chi connectivity index (χ0) is 20.0. The highest BCUT2D eigenvalue weighted by Gasteiger charge is 2.15. The van der Waals surface area contributed by atoms with Crippen molar-refractivity contribution in [1.29, 1.82) is 0 Å². The second-order valence-corrected chi connectivity index (χ2v) is 8.04. The summed E-state index contributed by atoms with van der Waals surface area (Å²) in [4.78, 5) is 36.2. The Labute approximate surface area is 167 Å². The monoisotopic (exact) mass is 407 g/mol. The van der Waals surface area contributed by atoms with E-state index in [9.17, 15) is 14.4 Å². The second kappa shape index (κ2) is 9.67. The molecule has 1 aromatic carbocycles. The molecule has 1 amide bonds. The Kier molecular flexibility index (Phi) is 7.56. The molecule has 0 radical (unpaired) electrons. The third-order valence-corrected chi connectivity index (χ3v) is 5.45. The molecule has 0 fully saturated rings. The van der Waals surface area contributed by atoms with Crippen LogP contribution in [0.25, 0.3) is 0 Å². The Morgan fingerprint density at radius 1 is 1.11 bits per heavy atom. The van der Waals surface area contributed by atoms with E-state index in [1.54, 1.807) is 12.1 Å². The molecule has 0 aliphatic rings. The Balaban J connectivity index is 1.73. The first-order valence-electron chi connectivity index (χ1n) is 8.57. The normalized spacial score (nSPS) is 11.7. The van der Waals surface area contributed by atoms with E-state index >= 15 is 0 Å². The summed E-state index contributed by atoms with van der Waals surface area (Å²) < 4.78 is 5.47. The molecule has 7 heteroatoms. The van der Waals surface area contributed by atoms with Crippen molar-refractivity contribution in [2.45, 2.75) is 39.7 Å².